The second-order valence-electron chi connectivity index (χ2n) is 6.81. The van der Waals surface area contributed by atoms with Crippen LogP contribution >= 0.6 is 0 Å². The third-order valence-corrected chi connectivity index (χ3v) is 4.08. The highest BCUT2D eigenvalue weighted by Crippen LogP contribution is 2.47. The van der Waals surface area contributed by atoms with Crippen LogP contribution in [0.1, 0.15) is 47.0 Å². The van der Waals surface area contributed by atoms with Gasteiger partial charge in [0.2, 0.25) is 0 Å². The van der Waals surface area contributed by atoms with Crippen LogP contribution in [0.5, 0.6) is 0 Å². The smallest absolute Gasteiger partial charge is 0.410 e. The number of amides is 1. The Hall–Kier alpha value is -1.06. The zero-order valence-electron chi connectivity index (χ0n) is 11.8. The number of ether oxygens (including phenoxy) is 1. The van der Waals surface area contributed by atoms with E-state index in [0.29, 0.717) is 12.5 Å². The molecule has 0 radical (unpaired) electrons. The van der Waals surface area contributed by atoms with Crippen molar-refractivity contribution >= 4 is 11.9 Å². The molecule has 0 aromatic carbocycles. The summed E-state index contributed by atoms with van der Waals surface area (Å²) in [6.45, 7) is 8.53. The van der Waals surface area contributed by atoms with Crippen LogP contribution in [0.2, 0.25) is 0 Å². The van der Waals surface area contributed by atoms with Gasteiger partial charge in [-0.25, -0.2) is 4.79 Å². The number of carbonyl (C=O) groups excluding carboxylic acids is 2. The zero-order valence-corrected chi connectivity index (χ0v) is 11.8. The summed E-state index contributed by atoms with van der Waals surface area (Å²) in [5.41, 5.74) is -0.767. The highest BCUT2D eigenvalue weighted by atomic mass is 16.6. The first-order valence-electron chi connectivity index (χ1n) is 6.71. The normalized spacial score (nSPS) is 31.3. The molecule has 2 bridgehead atoms. The molecule has 0 aromatic heterocycles. The Labute approximate surface area is 109 Å². The lowest BCUT2D eigenvalue weighted by Crippen LogP contribution is -2.50. The molecule has 1 aliphatic heterocycles. The number of rotatable bonds is 1. The van der Waals surface area contributed by atoms with Crippen molar-refractivity contribution in [2.45, 2.75) is 52.6 Å². The molecule has 2 unspecified atom stereocenters. The van der Waals surface area contributed by atoms with E-state index in [-0.39, 0.29) is 17.3 Å². The largest absolute Gasteiger partial charge is 0.444 e. The summed E-state index contributed by atoms with van der Waals surface area (Å²) in [5, 5.41) is 0. The van der Waals surface area contributed by atoms with Crippen molar-refractivity contribution in [3.63, 3.8) is 0 Å². The molecule has 1 aliphatic carbocycles. The fraction of sp³-hybridized carbons (Fsp3) is 0.857. The van der Waals surface area contributed by atoms with E-state index in [9.17, 15) is 9.59 Å². The standard InChI is InChI=1S/C14H23NO3/c1-10(16)14-6-5-11(7-14)8-15(9-14)12(17)18-13(2,3)4/h11H,5-9H2,1-4H3. The fourth-order valence-electron chi connectivity index (χ4n) is 3.17. The van der Waals surface area contributed by atoms with Gasteiger partial charge in [-0.3, -0.25) is 4.79 Å². The quantitative estimate of drug-likeness (QED) is 0.721. The molecule has 1 saturated carbocycles. The summed E-state index contributed by atoms with van der Waals surface area (Å²) < 4.78 is 5.40. The van der Waals surface area contributed by atoms with Gasteiger partial charge >= 0.3 is 6.09 Å². The second-order valence-corrected chi connectivity index (χ2v) is 6.81. The minimum atomic E-state index is -0.475. The summed E-state index contributed by atoms with van der Waals surface area (Å²) in [6, 6.07) is 0. The summed E-state index contributed by atoms with van der Waals surface area (Å²) >= 11 is 0. The van der Waals surface area contributed by atoms with E-state index in [4.69, 9.17) is 4.74 Å². The Bertz CT molecular complexity index is 372. The van der Waals surface area contributed by atoms with Crippen LogP contribution in [0.15, 0.2) is 0 Å². The third kappa shape index (κ3) is 2.52. The SMILES string of the molecule is CC(=O)C12CCC(CN(C(=O)OC(C)(C)C)C1)C2. The van der Waals surface area contributed by atoms with Gasteiger partial charge in [0.25, 0.3) is 0 Å². The number of piperidine rings is 1. The Morgan fingerprint density at radius 3 is 2.56 bits per heavy atom. The van der Waals surface area contributed by atoms with Crippen molar-refractivity contribution in [3.8, 4) is 0 Å². The van der Waals surface area contributed by atoms with Gasteiger partial charge in [-0.2, -0.15) is 0 Å². The van der Waals surface area contributed by atoms with Crippen molar-refractivity contribution < 1.29 is 14.3 Å². The van der Waals surface area contributed by atoms with Crippen LogP contribution < -0.4 is 0 Å². The maximum absolute atomic E-state index is 12.1. The Balaban J connectivity index is 2.08. The number of hydrogen-bond donors (Lipinski definition) is 0. The summed E-state index contributed by atoms with van der Waals surface area (Å²) in [5.74, 6) is 0.688. The number of ketones is 1. The van der Waals surface area contributed by atoms with E-state index < -0.39 is 5.60 Å². The van der Waals surface area contributed by atoms with Gasteiger partial charge in [0.1, 0.15) is 11.4 Å². The summed E-state index contributed by atoms with van der Waals surface area (Å²) in [7, 11) is 0. The molecule has 1 saturated heterocycles. The molecule has 0 spiro atoms. The van der Waals surface area contributed by atoms with Crippen molar-refractivity contribution in [2.75, 3.05) is 13.1 Å². The number of likely N-dealkylation sites (tertiary alicyclic amines) is 1. The lowest BCUT2D eigenvalue weighted by molar-refractivity contribution is -0.128. The molecule has 1 amide bonds. The number of Topliss-reactive ketones (excluding diaryl/α,β-unsaturated/α-hetero) is 1. The zero-order chi connectivity index (χ0) is 13.6. The second kappa shape index (κ2) is 4.25. The van der Waals surface area contributed by atoms with E-state index in [2.05, 4.69) is 0 Å². The highest BCUT2D eigenvalue weighted by molar-refractivity contribution is 5.84. The number of nitrogens with zero attached hydrogens (tertiary/aromatic N) is 1. The summed E-state index contributed by atoms with van der Waals surface area (Å²) in [4.78, 5) is 25.7. The van der Waals surface area contributed by atoms with Gasteiger partial charge in [0.15, 0.2) is 0 Å². The van der Waals surface area contributed by atoms with Crippen molar-refractivity contribution in [1.82, 2.24) is 4.90 Å². The molecule has 4 heteroatoms. The molecular formula is C14H23NO3. The van der Waals surface area contributed by atoms with Gasteiger partial charge in [-0.1, -0.05) is 0 Å². The average Bonchev–Trinajstić information content (AvgIpc) is 2.53. The van der Waals surface area contributed by atoms with Crippen molar-refractivity contribution in [3.05, 3.63) is 0 Å². The molecule has 2 atom stereocenters. The molecule has 2 fully saturated rings. The minimum Gasteiger partial charge on any atom is -0.444 e. The predicted molar refractivity (Wildman–Crippen MR) is 68.3 cm³/mol. The molecule has 2 aliphatic rings. The fourth-order valence-corrected chi connectivity index (χ4v) is 3.17. The van der Waals surface area contributed by atoms with Gasteiger partial charge in [0.05, 0.1) is 0 Å². The molecule has 18 heavy (non-hydrogen) atoms. The van der Waals surface area contributed by atoms with E-state index >= 15 is 0 Å². The Morgan fingerprint density at radius 1 is 1.33 bits per heavy atom. The van der Waals surface area contributed by atoms with Crippen LogP contribution in [-0.4, -0.2) is 35.5 Å². The van der Waals surface area contributed by atoms with E-state index in [0.717, 1.165) is 25.8 Å². The van der Waals surface area contributed by atoms with E-state index in [1.807, 2.05) is 20.8 Å². The Kier molecular flexibility index (Phi) is 3.16. The lowest BCUT2D eigenvalue weighted by Gasteiger charge is -2.39. The minimum absolute atomic E-state index is 0.221. The number of carbonyl (C=O) groups is 2. The molecule has 0 aromatic rings. The topological polar surface area (TPSA) is 46.6 Å². The first kappa shape index (κ1) is 13.4. The van der Waals surface area contributed by atoms with Crippen LogP contribution in [-0.2, 0) is 9.53 Å². The first-order chi connectivity index (χ1) is 8.22. The van der Waals surface area contributed by atoms with Crippen LogP contribution in [0.25, 0.3) is 0 Å². The molecule has 1 heterocycles. The Morgan fingerprint density at radius 2 is 2.00 bits per heavy atom. The van der Waals surface area contributed by atoms with Crippen LogP contribution in [0.4, 0.5) is 4.79 Å². The predicted octanol–water partition coefficient (Wildman–Crippen LogP) is 2.61. The van der Waals surface area contributed by atoms with Crippen LogP contribution in [0.3, 0.4) is 0 Å². The average molecular weight is 253 g/mol. The lowest BCUT2D eigenvalue weighted by atomic mass is 9.79. The van der Waals surface area contributed by atoms with Gasteiger partial charge in [-0.05, 0) is 52.9 Å². The monoisotopic (exact) mass is 253 g/mol. The van der Waals surface area contributed by atoms with Crippen molar-refractivity contribution in [1.29, 1.82) is 0 Å². The third-order valence-electron chi connectivity index (χ3n) is 4.08. The van der Waals surface area contributed by atoms with Crippen molar-refractivity contribution in [2.24, 2.45) is 11.3 Å². The van der Waals surface area contributed by atoms with Crippen LogP contribution in [0, 0.1) is 11.3 Å². The molecule has 0 N–H and O–H groups in total. The number of hydrogen-bond acceptors (Lipinski definition) is 3. The van der Waals surface area contributed by atoms with Gasteiger partial charge < -0.3 is 9.64 Å². The van der Waals surface area contributed by atoms with E-state index in [1.54, 1.807) is 11.8 Å². The maximum Gasteiger partial charge on any atom is 0.410 e. The van der Waals surface area contributed by atoms with E-state index in [1.165, 1.54) is 0 Å². The first-order valence-corrected chi connectivity index (χ1v) is 6.71. The molecule has 4 nitrogen and oxygen atoms in total. The maximum atomic E-state index is 12.1. The molecule has 2 rings (SSSR count). The number of fused-ring (bicyclic) bond motifs is 2. The summed E-state index contributed by atoms with van der Waals surface area (Å²) in [6.07, 6.45) is 2.65. The van der Waals surface area contributed by atoms with Gasteiger partial charge in [-0.15, -0.1) is 0 Å². The molecule has 102 valence electrons. The molecular weight excluding hydrogens is 230 g/mol. The highest BCUT2D eigenvalue weighted by Gasteiger charge is 2.49. The van der Waals surface area contributed by atoms with Gasteiger partial charge in [0, 0.05) is 18.5 Å².